The molecule has 9 nitrogen and oxygen atoms in total. The molecule has 0 spiro atoms. The highest BCUT2D eigenvalue weighted by Crippen LogP contribution is 2.55. The van der Waals surface area contributed by atoms with Crippen LogP contribution in [0.5, 0.6) is 0 Å². The number of amides is 2. The molecular formula is C26H42N4O5. The van der Waals surface area contributed by atoms with E-state index in [4.69, 9.17) is 9.47 Å². The molecule has 2 N–H and O–H groups in total. The van der Waals surface area contributed by atoms with Gasteiger partial charge in [-0.05, 0) is 48.9 Å². The summed E-state index contributed by atoms with van der Waals surface area (Å²) in [4.78, 5) is 35.9. The molecule has 0 bridgehead atoms. The first-order chi connectivity index (χ1) is 16.7. The fraction of sp³-hybridized carbons (Fsp3) is 0.769. The number of rotatable bonds is 10. The molecule has 9 heteroatoms. The molecule has 0 radical (unpaired) electrons. The fourth-order valence-corrected chi connectivity index (χ4v) is 6.37. The first kappa shape index (κ1) is 27.5. The van der Waals surface area contributed by atoms with Gasteiger partial charge in [-0.2, -0.15) is 0 Å². The Morgan fingerprint density at radius 3 is 2.37 bits per heavy atom. The Morgan fingerprint density at radius 1 is 1.17 bits per heavy atom. The Morgan fingerprint density at radius 2 is 1.77 bits per heavy atom. The van der Waals surface area contributed by atoms with E-state index in [-0.39, 0.29) is 46.9 Å². The van der Waals surface area contributed by atoms with Crippen molar-refractivity contribution in [1.29, 1.82) is 0 Å². The van der Waals surface area contributed by atoms with Gasteiger partial charge in [0.05, 0.1) is 24.9 Å². The van der Waals surface area contributed by atoms with Gasteiger partial charge in [0.1, 0.15) is 6.33 Å². The van der Waals surface area contributed by atoms with E-state index in [0.29, 0.717) is 31.9 Å². The number of carbonyl (C=O) groups is 2. The molecule has 0 aromatic carbocycles. The molecule has 0 unspecified atom stereocenters. The standard InChI is InChI=1S/C26H42N4O5/c1-17(25(33)30(10-12-34-4)11-13-35-5)20-6-8-26(3)9-7-21(18(2)22(26)23(20)31)29-24(32)19-14-27-16-28-15-19/h14-18,20-23,31H,6-13H2,1-5H3,(H,29,32)/t17-,18+,20+,21-,22+,23-,26-/m0/s1. The Kier molecular flexibility index (Phi) is 9.61. The van der Waals surface area contributed by atoms with Crippen molar-refractivity contribution in [1.82, 2.24) is 20.2 Å². The summed E-state index contributed by atoms with van der Waals surface area (Å²) >= 11 is 0. The summed E-state index contributed by atoms with van der Waals surface area (Å²) in [6.45, 7) is 8.24. The van der Waals surface area contributed by atoms with Gasteiger partial charge in [0.25, 0.3) is 5.91 Å². The Labute approximate surface area is 209 Å². The number of aliphatic hydroxyl groups is 1. The van der Waals surface area contributed by atoms with E-state index >= 15 is 0 Å². The minimum Gasteiger partial charge on any atom is -0.392 e. The predicted molar refractivity (Wildman–Crippen MR) is 132 cm³/mol. The van der Waals surface area contributed by atoms with Crippen LogP contribution < -0.4 is 5.32 Å². The van der Waals surface area contributed by atoms with Crippen LogP contribution >= 0.6 is 0 Å². The Hall–Kier alpha value is -2.10. The summed E-state index contributed by atoms with van der Waals surface area (Å²) in [7, 11) is 3.25. The second-order valence-corrected chi connectivity index (χ2v) is 10.6. The number of hydrogen-bond acceptors (Lipinski definition) is 7. The lowest BCUT2D eigenvalue weighted by Crippen LogP contribution is -2.58. The van der Waals surface area contributed by atoms with Crippen LogP contribution in [0.2, 0.25) is 0 Å². The van der Waals surface area contributed by atoms with Crippen LogP contribution in [0.1, 0.15) is 56.8 Å². The van der Waals surface area contributed by atoms with Gasteiger partial charge in [-0.15, -0.1) is 0 Å². The molecule has 2 fully saturated rings. The first-order valence-electron chi connectivity index (χ1n) is 12.7. The van der Waals surface area contributed by atoms with Crippen molar-refractivity contribution in [3.05, 3.63) is 24.3 Å². The molecule has 3 rings (SSSR count). The molecule has 0 aliphatic heterocycles. The molecule has 7 atom stereocenters. The molecule has 1 heterocycles. The van der Waals surface area contributed by atoms with E-state index in [9.17, 15) is 14.7 Å². The van der Waals surface area contributed by atoms with Crippen molar-refractivity contribution >= 4 is 11.8 Å². The normalized spacial score (nSPS) is 31.3. The summed E-state index contributed by atoms with van der Waals surface area (Å²) < 4.78 is 10.4. The third kappa shape index (κ3) is 6.19. The summed E-state index contributed by atoms with van der Waals surface area (Å²) in [5, 5.41) is 14.8. The zero-order valence-electron chi connectivity index (χ0n) is 21.8. The van der Waals surface area contributed by atoms with Gasteiger partial charge >= 0.3 is 0 Å². The lowest BCUT2D eigenvalue weighted by atomic mass is 9.51. The van der Waals surface area contributed by atoms with Gasteiger partial charge in [0.2, 0.25) is 5.91 Å². The number of carbonyl (C=O) groups excluding carboxylic acids is 2. The van der Waals surface area contributed by atoms with Crippen molar-refractivity contribution in [2.45, 2.75) is 58.6 Å². The Balaban J connectivity index is 1.72. The van der Waals surface area contributed by atoms with Gasteiger partial charge in [-0.3, -0.25) is 9.59 Å². The first-order valence-corrected chi connectivity index (χ1v) is 12.7. The number of hydrogen-bond donors (Lipinski definition) is 2. The summed E-state index contributed by atoms with van der Waals surface area (Å²) in [6, 6.07) is -0.0555. The smallest absolute Gasteiger partial charge is 0.254 e. The lowest BCUT2D eigenvalue weighted by Gasteiger charge is -2.56. The van der Waals surface area contributed by atoms with E-state index < -0.39 is 6.10 Å². The quantitative estimate of drug-likeness (QED) is 0.517. The van der Waals surface area contributed by atoms with Crippen LogP contribution in [0.25, 0.3) is 0 Å². The number of aliphatic hydroxyl groups excluding tert-OH is 1. The number of nitrogens with zero attached hydrogens (tertiary/aromatic N) is 3. The summed E-state index contributed by atoms with van der Waals surface area (Å²) in [6.07, 6.45) is 7.38. The van der Waals surface area contributed by atoms with Crippen LogP contribution in [0.15, 0.2) is 18.7 Å². The predicted octanol–water partition coefficient (Wildman–Crippen LogP) is 2.16. The van der Waals surface area contributed by atoms with Crippen molar-refractivity contribution in [2.24, 2.45) is 29.1 Å². The van der Waals surface area contributed by atoms with E-state index in [2.05, 4.69) is 29.1 Å². The van der Waals surface area contributed by atoms with Crippen LogP contribution in [-0.4, -0.2) is 84.5 Å². The van der Waals surface area contributed by atoms with Gasteiger partial charge in [0.15, 0.2) is 0 Å². The van der Waals surface area contributed by atoms with E-state index in [1.807, 2.05) is 6.92 Å². The molecular weight excluding hydrogens is 448 g/mol. The highest BCUT2D eigenvalue weighted by atomic mass is 16.5. The van der Waals surface area contributed by atoms with E-state index in [1.165, 1.54) is 18.7 Å². The maximum Gasteiger partial charge on any atom is 0.254 e. The molecule has 0 saturated heterocycles. The molecule has 196 valence electrons. The average Bonchev–Trinajstić information content (AvgIpc) is 2.85. The lowest BCUT2D eigenvalue weighted by molar-refractivity contribution is -0.151. The number of methoxy groups -OCH3 is 2. The zero-order valence-corrected chi connectivity index (χ0v) is 21.8. The third-order valence-corrected chi connectivity index (χ3v) is 8.50. The third-order valence-electron chi connectivity index (χ3n) is 8.50. The zero-order chi connectivity index (χ0) is 25.6. The summed E-state index contributed by atoms with van der Waals surface area (Å²) in [5.74, 6) is -0.540. The average molecular weight is 491 g/mol. The highest BCUT2D eigenvalue weighted by molar-refractivity contribution is 5.93. The monoisotopic (exact) mass is 490 g/mol. The maximum absolute atomic E-state index is 13.4. The molecule has 2 saturated carbocycles. The van der Waals surface area contributed by atoms with Crippen LogP contribution in [0, 0.1) is 29.1 Å². The largest absolute Gasteiger partial charge is 0.392 e. The van der Waals surface area contributed by atoms with Crippen molar-refractivity contribution in [2.75, 3.05) is 40.5 Å². The van der Waals surface area contributed by atoms with Crippen molar-refractivity contribution < 1.29 is 24.2 Å². The fourth-order valence-electron chi connectivity index (χ4n) is 6.37. The number of aromatic nitrogens is 2. The molecule has 2 amide bonds. The number of ether oxygens (including phenoxy) is 2. The number of fused-ring (bicyclic) bond motifs is 1. The van der Waals surface area contributed by atoms with Gasteiger partial charge in [0, 0.05) is 51.7 Å². The van der Waals surface area contributed by atoms with Crippen molar-refractivity contribution in [3.63, 3.8) is 0 Å². The molecule has 35 heavy (non-hydrogen) atoms. The van der Waals surface area contributed by atoms with E-state index in [1.54, 1.807) is 19.1 Å². The summed E-state index contributed by atoms with van der Waals surface area (Å²) in [5.41, 5.74) is 0.419. The SMILES string of the molecule is COCCN(CCOC)C(=O)[C@@H](C)[C@H]1CC[C@@]2(C)CC[C@H](NC(=O)c3cncnc3)[C@@H](C)[C@@H]2[C@H]1O. The molecule has 2 aliphatic carbocycles. The van der Waals surface area contributed by atoms with Gasteiger partial charge < -0.3 is 24.8 Å². The number of nitrogens with one attached hydrogen (secondary N) is 1. The topological polar surface area (TPSA) is 114 Å². The second kappa shape index (κ2) is 12.2. The Bertz CT molecular complexity index is 832. The van der Waals surface area contributed by atoms with Crippen LogP contribution in [-0.2, 0) is 14.3 Å². The van der Waals surface area contributed by atoms with Crippen LogP contribution in [0.3, 0.4) is 0 Å². The minimum atomic E-state index is -0.617. The van der Waals surface area contributed by atoms with Crippen LogP contribution in [0.4, 0.5) is 0 Å². The highest BCUT2D eigenvalue weighted by Gasteiger charge is 2.54. The maximum atomic E-state index is 13.4. The minimum absolute atomic E-state index is 0.00558. The molecule has 1 aromatic heterocycles. The molecule has 2 aliphatic rings. The molecule has 1 aromatic rings. The second-order valence-electron chi connectivity index (χ2n) is 10.6. The van der Waals surface area contributed by atoms with Gasteiger partial charge in [-0.25, -0.2) is 9.97 Å². The van der Waals surface area contributed by atoms with Gasteiger partial charge in [-0.1, -0.05) is 20.8 Å². The van der Waals surface area contributed by atoms with E-state index in [0.717, 1.165) is 25.7 Å². The van der Waals surface area contributed by atoms with Crippen molar-refractivity contribution in [3.8, 4) is 0 Å².